The number of esters is 1. The van der Waals surface area contributed by atoms with Gasteiger partial charge in [-0.25, -0.2) is 9.59 Å². The first-order valence-electron chi connectivity index (χ1n) is 7.91. The van der Waals surface area contributed by atoms with Crippen molar-refractivity contribution >= 4 is 18.0 Å². The summed E-state index contributed by atoms with van der Waals surface area (Å²) in [5.41, 5.74) is 1.22. The summed E-state index contributed by atoms with van der Waals surface area (Å²) >= 11 is 0. The first-order valence-corrected chi connectivity index (χ1v) is 7.91. The Hall–Kier alpha value is -2.36. The van der Waals surface area contributed by atoms with Crippen LogP contribution in [-0.2, 0) is 9.53 Å². The van der Waals surface area contributed by atoms with E-state index >= 15 is 0 Å². The van der Waals surface area contributed by atoms with Crippen molar-refractivity contribution in [3.05, 3.63) is 54.1 Å². The van der Waals surface area contributed by atoms with Gasteiger partial charge in [-0.2, -0.15) is 0 Å². The maximum Gasteiger partial charge on any atom is 0.338 e. The highest BCUT2D eigenvalue weighted by atomic mass is 16.5. The molecule has 0 aromatic heterocycles. The van der Waals surface area contributed by atoms with Gasteiger partial charge in [-0.15, -0.1) is 6.58 Å². The molecule has 0 radical (unpaired) electrons. The minimum absolute atomic E-state index is 0.00449. The number of benzene rings is 1. The topological polar surface area (TPSA) is 63.6 Å². The normalized spacial score (nSPS) is 21.0. The number of carboxylic acid groups (broad SMARTS) is 1. The predicted octanol–water partition coefficient (Wildman–Crippen LogP) is 4.08. The number of carbonyl (C=O) groups is 2. The molecule has 1 aromatic carbocycles. The van der Waals surface area contributed by atoms with Gasteiger partial charge >= 0.3 is 11.9 Å². The van der Waals surface area contributed by atoms with E-state index in [0.29, 0.717) is 11.5 Å². The van der Waals surface area contributed by atoms with Crippen LogP contribution >= 0.6 is 0 Å². The van der Waals surface area contributed by atoms with Gasteiger partial charge in [-0.3, -0.25) is 0 Å². The standard InChI is InChI=1S/C19H22O4/c1-2-3-14-6-11-17(12-7-14)23-19(22)16-9-4-15(5-10-16)8-13-18(20)21/h2,4-5,8-10,13-14,17H,1,3,6-7,11-12H2,(H,20,21). The van der Waals surface area contributed by atoms with E-state index in [0.717, 1.165) is 43.7 Å². The van der Waals surface area contributed by atoms with Gasteiger partial charge in [0.25, 0.3) is 0 Å². The first kappa shape index (κ1) is 17.0. The minimum atomic E-state index is -0.999. The predicted molar refractivity (Wildman–Crippen MR) is 89.1 cm³/mol. The summed E-state index contributed by atoms with van der Waals surface area (Å²) in [6, 6.07) is 6.73. The second-order valence-corrected chi connectivity index (χ2v) is 5.87. The molecule has 0 heterocycles. The van der Waals surface area contributed by atoms with Crippen LogP contribution in [0.3, 0.4) is 0 Å². The largest absolute Gasteiger partial charge is 0.478 e. The van der Waals surface area contributed by atoms with Gasteiger partial charge in [-0.1, -0.05) is 18.2 Å². The fourth-order valence-corrected chi connectivity index (χ4v) is 2.84. The van der Waals surface area contributed by atoms with E-state index in [1.165, 1.54) is 6.08 Å². The van der Waals surface area contributed by atoms with E-state index in [-0.39, 0.29) is 12.1 Å². The Morgan fingerprint density at radius 2 is 1.83 bits per heavy atom. The summed E-state index contributed by atoms with van der Waals surface area (Å²) in [5, 5.41) is 8.59. The van der Waals surface area contributed by atoms with Crippen LogP contribution in [0.25, 0.3) is 6.08 Å². The number of carboxylic acids is 1. The lowest BCUT2D eigenvalue weighted by Gasteiger charge is -2.27. The van der Waals surface area contributed by atoms with Crippen LogP contribution in [0.5, 0.6) is 0 Å². The van der Waals surface area contributed by atoms with Crippen LogP contribution in [0.2, 0.25) is 0 Å². The first-order chi connectivity index (χ1) is 11.1. The van der Waals surface area contributed by atoms with Crippen LogP contribution in [0.15, 0.2) is 43.0 Å². The SMILES string of the molecule is C=CCC1CCC(OC(=O)c2ccc(C=CC(=O)O)cc2)CC1. The number of aliphatic carboxylic acids is 1. The molecule has 2 rings (SSSR count). The summed E-state index contributed by atoms with van der Waals surface area (Å²) in [6.07, 6.45) is 9.49. The molecule has 1 aliphatic carbocycles. The number of hydrogen-bond donors (Lipinski definition) is 1. The van der Waals surface area contributed by atoms with Crippen LogP contribution in [0.1, 0.15) is 48.0 Å². The molecule has 1 aromatic rings. The minimum Gasteiger partial charge on any atom is -0.478 e. The van der Waals surface area contributed by atoms with E-state index in [9.17, 15) is 9.59 Å². The molecule has 23 heavy (non-hydrogen) atoms. The molecule has 0 aliphatic heterocycles. The van der Waals surface area contributed by atoms with Crippen molar-refractivity contribution < 1.29 is 19.4 Å². The Kier molecular flexibility index (Phi) is 6.15. The van der Waals surface area contributed by atoms with Crippen molar-refractivity contribution in [1.29, 1.82) is 0 Å². The average molecular weight is 314 g/mol. The number of rotatable bonds is 6. The number of allylic oxidation sites excluding steroid dienone is 1. The summed E-state index contributed by atoms with van der Waals surface area (Å²) in [7, 11) is 0. The van der Waals surface area contributed by atoms with E-state index in [2.05, 4.69) is 6.58 Å². The highest BCUT2D eigenvalue weighted by Crippen LogP contribution is 2.29. The van der Waals surface area contributed by atoms with Gasteiger partial charge in [0.05, 0.1) is 5.56 Å². The van der Waals surface area contributed by atoms with Gasteiger partial charge in [0.15, 0.2) is 0 Å². The molecule has 0 unspecified atom stereocenters. The summed E-state index contributed by atoms with van der Waals surface area (Å²) in [4.78, 5) is 22.6. The van der Waals surface area contributed by atoms with Crippen molar-refractivity contribution in [2.45, 2.75) is 38.2 Å². The number of hydrogen-bond acceptors (Lipinski definition) is 3. The zero-order valence-electron chi connectivity index (χ0n) is 13.1. The number of ether oxygens (including phenoxy) is 1. The van der Waals surface area contributed by atoms with E-state index in [4.69, 9.17) is 9.84 Å². The van der Waals surface area contributed by atoms with Crippen molar-refractivity contribution in [1.82, 2.24) is 0 Å². The van der Waals surface area contributed by atoms with Crippen molar-refractivity contribution in [2.24, 2.45) is 5.92 Å². The Morgan fingerprint density at radius 1 is 1.17 bits per heavy atom. The average Bonchev–Trinajstić information content (AvgIpc) is 2.55. The Bertz CT molecular complexity index is 578. The summed E-state index contributed by atoms with van der Waals surface area (Å²) < 4.78 is 5.57. The van der Waals surface area contributed by atoms with E-state index in [1.54, 1.807) is 24.3 Å². The molecule has 1 saturated carbocycles. The molecule has 1 fully saturated rings. The number of carbonyl (C=O) groups excluding carboxylic acids is 1. The second-order valence-electron chi connectivity index (χ2n) is 5.87. The third-order valence-electron chi connectivity index (χ3n) is 4.13. The zero-order chi connectivity index (χ0) is 16.7. The zero-order valence-corrected chi connectivity index (χ0v) is 13.1. The molecule has 1 N–H and O–H groups in total. The lowest BCUT2D eigenvalue weighted by molar-refractivity contribution is -0.131. The molecule has 4 nitrogen and oxygen atoms in total. The second kappa shape index (κ2) is 8.32. The van der Waals surface area contributed by atoms with Crippen molar-refractivity contribution in [2.75, 3.05) is 0 Å². The van der Waals surface area contributed by atoms with Crippen LogP contribution in [0, 0.1) is 5.92 Å². The van der Waals surface area contributed by atoms with Gasteiger partial charge in [-0.05, 0) is 61.8 Å². The molecule has 0 amide bonds. The van der Waals surface area contributed by atoms with E-state index < -0.39 is 5.97 Å². The molecular formula is C19H22O4. The smallest absolute Gasteiger partial charge is 0.338 e. The third kappa shape index (κ3) is 5.40. The summed E-state index contributed by atoms with van der Waals surface area (Å²) in [5.74, 6) is -0.644. The molecular weight excluding hydrogens is 292 g/mol. The Labute approximate surface area is 136 Å². The van der Waals surface area contributed by atoms with Gasteiger partial charge in [0, 0.05) is 6.08 Å². The summed E-state index contributed by atoms with van der Waals surface area (Å²) in [6.45, 7) is 3.77. The molecule has 4 heteroatoms. The molecule has 0 atom stereocenters. The van der Waals surface area contributed by atoms with Crippen LogP contribution in [0.4, 0.5) is 0 Å². The molecule has 0 bridgehead atoms. The highest BCUT2D eigenvalue weighted by Gasteiger charge is 2.23. The molecule has 0 spiro atoms. The lowest BCUT2D eigenvalue weighted by Crippen LogP contribution is -2.24. The lowest BCUT2D eigenvalue weighted by atomic mass is 9.85. The monoisotopic (exact) mass is 314 g/mol. The fraction of sp³-hybridized carbons (Fsp3) is 0.368. The maximum absolute atomic E-state index is 12.1. The molecule has 122 valence electrons. The van der Waals surface area contributed by atoms with Crippen LogP contribution < -0.4 is 0 Å². The highest BCUT2D eigenvalue weighted by molar-refractivity contribution is 5.90. The fourth-order valence-electron chi connectivity index (χ4n) is 2.84. The van der Waals surface area contributed by atoms with Gasteiger partial charge < -0.3 is 9.84 Å². The van der Waals surface area contributed by atoms with Crippen molar-refractivity contribution in [3.8, 4) is 0 Å². The van der Waals surface area contributed by atoms with Crippen LogP contribution in [-0.4, -0.2) is 23.1 Å². The van der Waals surface area contributed by atoms with Gasteiger partial charge in [0.2, 0.25) is 0 Å². The third-order valence-corrected chi connectivity index (χ3v) is 4.13. The Morgan fingerprint density at radius 3 is 2.39 bits per heavy atom. The Balaban J connectivity index is 1.86. The maximum atomic E-state index is 12.1. The van der Waals surface area contributed by atoms with Crippen molar-refractivity contribution in [3.63, 3.8) is 0 Å². The molecule has 1 aliphatic rings. The van der Waals surface area contributed by atoms with Gasteiger partial charge in [0.1, 0.15) is 6.10 Å². The molecule has 0 saturated heterocycles. The van der Waals surface area contributed by atoms with E-state index in [1.807, 2.05) is 6.08 Å². The quantitative estimate of drug-likeness (QED) is 0.488.